The Hall–Kier alpha value is -4.41. The number of methoxy groups -OCH3 is 2. The van der Waals surface area contributed by atoms with Crippen LogP contribution in [0.3, 0.4) is 0 Å². The van der Waals surface area contributed by atoms with Crippen LogP contribution in [0, 0.1) is 0 Å². The van der Waals surface area contributed by atoms with Crippen LogP contribution in [-0.2, 0) is 13.6 Å². The van der Waals surface area contributed by atoms with Gasteiger partial charge in [0.1, 0.15) is 5.69 Å². The fourth-order valence-corrected chi connectivity index (χ4v) is 3.47. The molecule has 0 fully saturated rings. The quantitative estimate of drug-likeness (QED) is 0.434. The Labute approximate surface area is 182 Å². The molecule has 0 aliphatic carbocycles. The van der Waals surface area contributed by atoms with E-state index in [1.165, 1.54) is 14.2 Å². The smallest absolute Gasteiger partial charge is 0.276 e. The molecule has 1 N–H and O–H groups in total. The SMILES string of the molecule is COc1cc(-c2ccc3c(O)n(-c4cnn(Cc5cn(C)cn5)c4)cc3n2)nnc1OC. The number of pyridine rings is 1. The second-order valence-electron chi connectivity index (χ2n) is 7.19. The molecule has 0 aliphatic rings. The first-order valence-electron chi connectivity index (χ1n) is 9.72. The molecule has 0 saturated carbocycles. The molecule has 0 aromatic carbocycles. The van der Waals surface area contributed by atoms with Crippen molar-refractivity contribution in [2.45, 2.75) is 6.54 Å². The second kappa shape index (κ2) is 7.69. The lowest BCUT2D eigenvalue weighted by Gasteiger charge is -2.06. The van der Waals surface area contributed by atoms with Gasteiger partial charge in [-0.05, 0) is 12.1 Å². The number of rotatable bonds is 6. The fourth-order valence-electron chi connectivity index (χ4n) is 3.47. The van der Waals surface area contributed by atoms with Crippen LogP contribution in [-0.4, -0.2) is 58.4 Å². The highest BCUT2D eigenvalue weighted by atomic mass is 16.5. The maximum absolute atomic E-state index is 10.8. The van der Waals surface area contributed by atoms with Crippen LogP contribution < -0.4 is 9.47 Å². The zero-order chi connectivity index (χ0) is 22.2. The summed E-state index contributed by atoms with van der Waals surface area (Å²) in [5.74, 6) is 0.832. The van der Waals surface area contributed by atoms with E-state index < -0.39 is 0 Å². The Morgan fingerprint density at radius 3 is 2.66 bits per heavy atom. The molecule has 11 nitrogen and oxygen atoms in total. The summed E-state index contributed by atoms with van der Waals surface area (Å²) < 4.78 is 15.7. The summed E-state index contributed by atoms with van der Waals surface area (Å²) in [4.78, 5) is 8.96. The van der Waals surface area contributed by atoms with Crippen molar-refractivity contribution < 1.29 is 14.6 Å². The number of imidazole rings is 1. The number of ether oxygens (including phenoxy) is 2. The highest BCUT2D eigenvalue weighted by Crippen LogP contribution is 2.32. The highest BCUT2D eigenvalue weighted by molar-refractivity contribution is 5.87. The lowest BCUT2D eigenvalue weighted by molar-refractivity contribution is 0.338. The average Bonchev–Trinajstić information content (AvgIpc) is 3.52. The van der Waals surface area contributed by atoms with E-state index in [0.717, 1.165) is 5.69 Å². The number of aryl methyl sites for hydroxylation is 1. The Morgan fingerprint density at radius 2 is 1.91 bits per heavy atom. The van der Waals surface area contributed by atoms with Crippen molar-refractivity contribution in [1.82, 2.24) is 39.1 Å². The topological polar surface area (TPSA) is 118 Å². The number of nitrogens with zero attached hydrogens (tertiary/aromatic N) is 8. The van der Waals surface area contributed by atoms with Crippen LogP contribution in [0.2, 0.25) is 0 Å². The molecule has 5 aromatic heterocycles. The summed E-state index contributed by atoms with van der Waals surface area (Å²) in [5.41, 5.74) is 3.33. The molecular weight excluding hydrogens is 412 g/mol. The van der Waals surface area contributed by atoms with E-state index >= 15 is 0 Å². The predicted molar refractivity (Wildman–Crippen MR) is 115 cm³/mol. The molecule has 0 aliphatic heterocycles. The van der Waals surface area contributed by atoms with Crippen molar-refractivity contribution in [3.63, 3.8) is 0 Å². The highest BCUT2D eigenvalue weighted by Gasteiger charge is 2.16. The molecule has 0 saturated heterocycles. The normalized spacial score (nSPS) is 11.2. The molecular formula is C21H20N8O3. The van der Waals surface area contributed by atoms with E-state index in [1.54, 1.807) is 46.2 Å². The Morgan fingerprint density at radius 1 is 1.03 bits per heavy atom. The minimum Gasteiger partial charge on any atom is -0.494 e. The van der Waals surface area contributed by atoms with Crippen LogP contribution >= 0.6 is 0 Å². The molecule has 0 amide bonds. The van der Waals surface area contributed by atoms with Crippen molar-refractivity contribution in [2.24, 2.45) is 7.05 Å². The van der Waals surface area contributed by atoms with Crippen LogP contribution in [0.4, 0.5) is 0 Å². The Balaban J connectivity index is 1.48. The van der Waals surface area contributed by atoms with E-state index in [1.807, 2.05) is 24.0 Å². The first-order valence-corrected chi connectivity index (χ1v) is 9.72. The maximum Gasteiger partial charge on any atom is 0.276 e. The lowest BCUT2D eigenvalue weighted by atomic mass is 10.2. The van der Waals surface area contributed by atoms with Crippen molar-refractivity contribution in [3.05, 3.63) is 55.0 Å². The molecule has 0 atom stereocenters. The summed E-state index contributed by atoms with van der Waals surface area (Å²) in [5, 5.41) is 23.9. The number of aromatic hydroxyl groups is 1. The van der Waals surface area contributed by atoms with Crippen molar-refractivity contribution in [1.29, 1.82) is 0 Å². The van der Waals surface area contributed by atoms with Crippen LogP contribution in [0.15, 0.2) is 49.3 Å². The summed E-state index contributed by atoms with van der Waals surface area (Å²) in [6, 6.07) is 5.27. The van der Waals surface area contributed by atoms with Crippen LogP contribution in [0.5, 0.6) is 17.5 Å². The van der Waals surface area contributed by atoms with Gasteiger partial charge in [0, 0.05) is 31.7 Å². The molecule has 0 spiro atoms. The minimum atomic E-state index is 0.0785. The lowest BCUT2D eigenvalue weighted by Crippen LogP contribution is -2.00. The number of hydrogen-bond donors (Lipinski definition) is 1. The molecule has 5 rings (SSSR count). The van der Waals surface area contributed by atoms with Gasteiger partial charge < -0.3 is 19.1 Å². The summed E-state index contributed by atoms with van der Waals surface area (Å²) >= 11 is 0. The molecule has 0 unspecified atom stereocenters. The largest absolute Gasteiger partial charge is 0.494 e. The predicted octanol–water partition coefficient (Wildman–Crippen LogP) is 2.18. The van der Waals surface area contributed by atoms with E-state index in [4.69, 9.17) is 9.47 Å². The average molecular weight is 432 g/mol. The van der Waals surface area contributed by atoms with Gasteiger partial charge in [-0.1, -0.05) is 0 Å². The summed E-state index contributed by atoms with van der Waals surface area (Å²) in [6.45, 7) is 0.531. The van der Waals surface area contributed by atoms with Gasteiger partial charge >= 0.3 is 0 Å². The van der Waals surface area contributed by atoms with Crippen molar-refractivity contribution in [2.75, 3.05) is 14.2 Å². The van der Waals surface area contributed by atoms with Crippen molar-refractivity contribution >= 4 is 10.9 Å². The fraction of sp³-hybridized carbons (Fsp3) is 0.190. The van der Waals surface area contributed by atoms with Crippen LogP contribution in [0.25, 0.3) is 28.0 Å². The van der Waals surface area contributed by atoms with Gasteiger partial charge in [0.2, 0.25) is 5.88 Å². The van der Waals surface area contributed by atoms with Gasteiger partial charge in [-0.2, -0.15) is 5.10 Å². The summed E-state index contributed by atoms with van der Waals surface area (Å²) in [7, 11) is 4.95. The van der Waals surface area contributed by atoms with E-state index in [-0.39, 0.29) is 5.88 Å². The maximum atomic E-state index is 10.8. The minimum absolute atomic E-state index is 0.0785. The molecule has 11 heteroatoms. The molecule has 0 bridgehead atoms. The monoisotopic (exact) mass is 432 g/mol. The van der Waals surface area contributed by atoms with Gasteiger partial charge in [-0.3, -0.25) is 9.25 Å². The first kappa shape index (κ1) is 19.5. The molecule has 5 aromatic rings. The third-order valence-electron chi connectivity index (χ3n) is 5.03. The zero-order valence-electron chi connectivity index (χ0n) is 17.7. The molecule has 5 heterocycles. The Kier molecular flexibility index (Phi) is 4.70. The number of aromatic nitrogens is 8. The molecule has 162 valence electrons. The van der Waals surface area contributed by atoms with E-state index in [2.05, 4.69) is 25.3 Å². The van der Waals surface area contributed by atoms with E-state index in [0.29, 0.717) is 46.2 Å². The standard InChI is InChI=1S/C21H20N8O3/c1-27-8-13(22-12-27)9-28-10-14(7-23-28)29-11-18-15(21(29)30)4-5-16(24-18)17-6-19(31-2)20(32-3)26-25-17/h4-8,10-12,30H,9H2,1-3H3. The third kappa shape index (κ3) is 3.39. The van der Waals surface area contributed by atoms with E-state index in [9.17, 15) is 5.11 Å². The Bertz CT molecular complexity index is 1420. The van der Waals surface area contributed by atoms with Gasteiger partial charge in [-0.25, -0.2) is 9.97 Å². The number of fused-ring (bicyclic) bond motifs is 1. The zero-order valence-corrected chi connectivity index (χ0v) is 17.7. The van der Waals surface area contributed by atoms with Gasteiger partial charge in [0.25, 0.3) is 5.88 Å². The molecule has 0 radical (unpaired) electrons. The number of hydrogen-bond acceptors (Lipinski definition) is 8. The van der Waals surface area contributed by atoms with Gasteiger partial charge in [0.05, 0.1) is 61.3 Å². The van der Waals surface area contributed by atoms with Crippen LogP contribution in [0.1, 0.15) is 5.69 Å². The van der Waals surface area contributed by atoms with Crippen molar-refractivity contribution in [3.8, 4) is 34.6 Å². The van der Waals surface area contributed by atoms with Gasteiger partial charge in [0.15, 0.2) is 5.75 Å². The summed E-state index contributed by atoms with van der Waals surface area (Å²) in [6.07, 6.45) is 8.96. The third-order valence-corrected chi connectivity index (χ3v) is 5.03. The second-order valence-corrected chi connectivity index (χ2v) is 7.19. The van der Waals surface area contributed by atoms with Gasteiger partial charge in [-0.15, -0.1) is 10.2 Å². The first-order chi connectivity index (χ1) is 15.6. The molecule has 32 heavy (non-hydrogen) atoms.